The summed E-state index contributed by atoms with van der Waals surface area (Å²) in [5.74, 6) is -1.92. The molecule has 1 aliphatic rings. The molecule has 6 rings (SSSR count). The summed E-state index contributed by atoms with van der Waals surface area (Å²) in [5.41, 5.74) is 2.31. The first kappa shape index (κ1) is 20.7. The van der Waals surface area contributed by atoms with E-state index in [1.165, 1.54) is 0 Å². The third-order valence-electron chi connectivity index (χ3n) is 5.81. The van der Waals surface area contributed by atoms with Gasteiger partial charge in [-0.3, -0.25) is 0 Å². The number of benzene rings is 2. The van der Waals surface area contributed by atoms with Crippen molar-refractivity contribution in [2.45, 2.75) is 32.4 Å². The van der Waals surface area contributed by atoms with Crippen LogP contribution in [0.2, 0.25) is 0 Å². The number of para-hydroxylation sites is 2. The van der Waals surface area contributed by atoms with Crippen molar-refractivity contribution in [1.29, 1.82) is 0 Å². The Labute approximate surface area is 192 Å². The van der Waals surface area contributed by atoms with Crippen LogP contribution in [0.15, 0.2) is 42.7 Å². The van der Waals surface area contributed by atoms with Gasteiger partial charge in [-0.15, -0.1) is 0 Å². The molecular weight excluding hydrogens is 442 g/mol. The lowest BCUT2D eigenvalue weighted by Gasteiger charge is -2.22. The lowest BCUT2D eigenvalue weighted by molar-refractivity contribution is -0.0394. The highest BCUT2D eigenvalue weighted by Gasteiger charge is 2.23. The van der Waals surface area contributed by atoms with Crippen molar-refractivity contribution in [2.75, 3.05) is 6.61 Å². The van der Waals surface area contributed by atoms with E-state index in [0.29, 0.717) is 34.7 Å². The minimum atomic E-state index is -0.886. The van der Waals surface area contributed by atoms with Gasteiger partial charge in [0.15, 0.2) is 11.6 Å². The van der Waals surface area contributed by atoms with Crippen LogP contribution in [0.4, 0.5) is 8.78 Å². The Hall–Kier alpha value is -3.92. The van der Waals surface area contributed by atoms with Gasteiger partial charge in [0.2, 0.25) is 11.6 Å². The lowest BCUT2D eigenvalue weighted by atomic mass is 10.2. The fraction of sp³-hybridized carbons (Fsp3) is 0.250. The molecule has 10 heteroatoms. The summed E-state index contributed by atoms with van der Waals surface area (Å²) in [6, 6.07) is 8.34. The van der Waals surface area contributed by atoms with Crippen molar-refractivity contribution >= 4 is 22.1 Å². The van der Waals surface area contributed by atoms with Gasteiger partial charge in [-0.2, -0.15) is 5.10 Å². The molecule has 2 aromatic carbocycles. The summed E-state index contributed by atoms with van der Waals surface area (Å²) in [7, 11) is 0. The Morgan fingerprint density at radius 2 is 1.91 bits per heavy atom. The summed E-state index contributed by atoms with van der Waals surface area (Å²) in [5, 5.41) is 4.43. The maximum Gasteiger partial charge on any atom is 0.247 e. The molecule has 3 aromatic heterocycles. The number of aryl methyl sites for hydroxylation is 1. The number of nitrogens with zero attached hydrogens (tertiary/aromatic N) is 5. The Morgan fingerprint density at radius 3 is 2.71 bits per heavy atom. The number of imidazole rings is 1. The first-order valence-electron chi connectivity index (χ1n) is 11.0. The average molecular weight is 462 g/mol. The zero-order valence-electron chi connectivity index (χ0n) is 18.3. The van der Waals surface area contributed by atoms with Gasteiger partial charge in [0.05, 0.1) is 22.7 Å². The smallest absolute Gasteiger partial charge is 0.247 e. The van der Waals surface area contributed by atoms with E-state index < -0.39 is 17.4 Å². The van der Waals surface area contributed by atoms with E-state index in [9.17, 15) is 4.39 Å². The number of fused-ring (bicyclic) bond motifs is 2. The van der Waals surface area contributed by atoms with Gasteiger partial charge in [0.25, 0.3) is 0 Å². The highest BCUT2D eigenvalue weighted by atomic mass is 19.1. The number of rotatable bonds is 4. The van der Waals surface area contributed by atoms with E-state index in [-0.39, 0.29) is 23.1 Å². The molecule has 34 heavy (non-hydrogen) atoms. The SMILES string of the molecule is Cc1nc2cc(F)c(Oc3nc4ccccc4nc3-c3cnn(C4CCCCO4)c3)c(F)c2[nH]1. The van der Waals surface area contributed by atoms with Gasteiger partial charge in [-0.25, -0.2) is 28.4 Å². The van der Waals surface area contributed by atoms with Crippen LogP contribution in [0, 0.1) is 18.6 Å². The maximum absolute atomic E-state index is 15.2. The van der Waals surface area contributed by atoms with E-state index in [0.717, 1.165) is 25.3 Å². The number of aromatic amines is 1. The van der Waals surface area contributed by atoms with Gasteiger partial charge >= 0.3 is 0 Å². The minimum absolute atomic E-state index is 0.0313. The Morgan fingerprint density at radius 1 is 1.09 bits per heavy atom. The Bertz CT molecular complexity index is 1520. The standard InChI is InChI=1S/C24H20F2N6O2/c1-13-28-18-10-15(25)23(20(26)22(18)29-13)34-24-21(30-16-6-2-3-7-17(16)31-24)14-11-27-32(12-14)19-8-4-5-9-33-19/h2-3,6-7,10-12,19H,4-5,8-9H2,1H3,(H,28,29). The Balaban J connectivity index is 1.47. The molecule has 0 amide bonds. The van der Waals surface area contributed by atoms with E-state index in [2.05, 4.69) is 25.0 Å². The second-order valence-electron chi connectivity index (χ2n) is 8.22. The molecule has 0 bridgehead atoms. The molecule has 1 N–H and O–H groups in total. The molecule has 1 unspecified atom stereocenters. The van der Waals surface area contributed by atoms with Crippen molar-refractivity contribution in [2.24, 2.45) is 0 Å². The summed E-state index contributed by atoms with van der Waals surface area (Å²) >= 11 is 0. The highest BCUT2D eigenvalue weighted by molar-refractivity contribution is 5.81. The monoisotopic (exact) mass is 462 g/mol. The predicted molar refractivity (Wildman–Crippen MR) is 120 cm³/mol. The van der Waals surface area contributed by atoms with Gasteiger partial charge in [0.1, 0.15) is 23.3 Å². The van der Waals surface area contributed by atoms with Crippen LogP contribution < -0.4 is 4.74 Å². The zero-order chi connectivity index (χ0) is 23.2. The molecule has 0 aliphatic carbocycles. The normalized spacial score (nSPS) is 16.4. The number of H-pyrrole nitrogens is 1. The predicted octanol–water partition coefficient (Wildman–Crippen LogP) is 5.45. The number of ether oxygens (including phenoxy) is 2. The number of hydrogen-bond acceptors (Lipinski definition) is 6. The van der Waals surface area contributed by atoms with Crippen LogP contribution in [0.5, 0.6) is 11.6 Å². The fourth-order valence-electron chi connectivity index (χ4n) is 4.17. The molecule has 172 valence electrons. The van der Waals surface area contributed by atoms with E-state index >= 15 is 4.39 Å². The second-order valence-corrected chi connectivity index (χ2v) is 8.22. The topological polar surface area (TPSA) is 90.7 Å². The zero-order valence-corrected chi connectivity index (χ0v) is 18.3. The average Bonchev–Trinajstić information content (AvgIpc) is 3.48. The molecule has 1 saturated heterocycles. The number of halogens is 2. The largest absolute Gasteiger partial charge is 0.431 e. The van der Waals surface area contributed by atoms with Crippen LogP contribution in [0.3, 0.4) is 0 Å². The summed E-state index contributed by atoms with van der Waals surface area (Å²) < 4.78 is 43.4. The van der Waals surface area contributed by atoms with Crippen LogP contribution in [-0.4, -0.2) is 36.3 Å². The second kappa shape index (κ2) is 8.14. The molecule has 0 radical (unpaired) electrons. The van der Waals surface area contributed by atoms with Crippen molar-refractivity contribution in [3.63, 3.8) is 0 Å². The molecule has 1 aliphatic heterocycles. The molecule has 4 heterocycles. The quantitative estimate of drug-likeness (QED) is 0.382. The Kier molecular flexibility index (Phi) is 4.95. The van der Waals surface area contributed by atoms with Gasteiger partial charge in [0, 0.05) is 24.4 Å². The van der Waals surface area contributed by atoms with Crippen molar-refractivity contribution in [1.82, 2.24) is 29.7 Å². The first-order valence-corrected chi connectivity index (χ1v) is 11.0. The van der Waals surface area contributed by atoms with Crippen LogP contribution >= 0.6 is 0 Å². The molecule has 0 saturated carbocycles. The molecule has 5 aromatic rings. The van der Waals surface area contributed by atoms with Crippen LogP contribution in [-0.2, 0) is 4.74 Å². The van der Waals surface area contributed by atoms with E-state index in [4.69, 9.17) is 9.47 Å². The molecule has 8 nitrogen and oxygen atoms in total. The van der Waals surface area contributed by atoms with Gasteiger partial charge in [-0.1, -0.05) is 12.1 Å². The molecule has 1 fully saturated rings. The number of nitrogens with one attached hydrogen (secondary N) is 1. The maximum atomic E-state index is 15.2. The first-order chi connectivity index (χ1) is 16.6. The fourth-order valence-corrected chi connectivity index (χ4v) is 4.17. The summed E-state index contributed by atoms with van der Waals surface area (Å²) in [6.07, 6.45) is 6.18. The van der Waals surface area contributed by atoms with Crippen LogP contribution in [0.1, 0.15) is 31.3 Å². The van der Waals surface area contributed by atoms with Crippen LogP contribution in [0.25, 0.3) is 33.3 Å². The molecule has 1 atom stereocenters. The summed E-state index contributed by atoms with van der Waals surface area (Å²) in [4.78, 5) is 16.1. The number of aromatic nitrogens is 6. The molecular formula is C24H20F2N6O2. The van der Waals surface area contributed by atoms with E-state index in [1.807, 2.05) is 12.1 Å². The molecule has 0 spiro atoms. The highest BCUT2D eigenvalue weighted by Crippen LogP contribution is 2.37. The van der Waals surface area contributed by atoms with Crippen molar-refractivity contribution < 1.29 is 18.3 Å². The third kappa shape index (κ3) is 3.56. The third-order valence-corrected chi connectivity index (χ3v) is 5.81. The lowest BCUT2D eigenvalue weighted by Crippen LogP contribution is -2.18. The van der Waals surface area contributed by atoms with Crippen molar-refractivity contribution in [3.8, 4) is 22.9 Å². The van der Waals surface area contributed by atoms with Gasteiger partial charge in [-0.05, 0) is 38.3 Å². The van der Waals surface area contributed by atoms with E-state index in [1.54, 1.807) is 36.1 Å². The number of hydrogen-bond donors (Lipinski definition) is 1. The van der Waals surface area contributed by atoms with Crippen molar-refractivity contribution in [3.05, 3.63) is 60.2 Å². The summed E-state index contributed by atoms with van der Waals surface area (Å²) in [6.45, 7) is 2.34. The minimum Gasteiger partial charge on any atom is -0.431 e. The van der Waals surface area contributed by atoms with Gasteiger partial charge < -0.3 is 14.5 Å².